The zero-order chi connectivity index (χ0) is 14.5. The van der Waals surface area contributed by atoms with Gasteiger partial charge in [0, 0.05) is 24.7 Å². The van der Waals surface area contributed by atoms with Crippen LogP contribution in [-0.4, -0.2) is 15.4 Å². The molecule has 0 aliphatic heterocycles. The molecule has 0 atom stereocenters. The van der Waals surface area contributed by atoms with Crippen molar-refractivity contribution in [1.82, 2.24) is 9.13 Å². The maximum atomic E-state index is 12.3. The lowest BCUT2D eigenvalue weighted by Gasteiger charge is -2.11. The van der Waals surface area contributed by atoms with Crippen LogP contribution in [0.4, 0.5) is 0 Å². The second-order valence-corrected chi connectivity index (χ2v) is 4.62. The van der Waals surface area contributed by atoms with Crippen LogP contribution in [0.3, 0.4) is 0 Å². The summed E-state index contributed by atoms with van der Waals surface area (Å²) in [4.78, 5) is 34.6. The molecule has 0 saturated heterocycles. The molecule has 20 heavy (non-hydrogen) atoms. The van der Waals surface area contributed by atoms with Gasteiger partial charge in [0.05, 0.1) is 6.54 Å². The van der Waals surface area contributed by atoms with Crippen molar-refractivity contribution in [2.24, 2.45) is 0 Å². The molecule has 2 rings (SSSR count). The molecule has 2 aromatic rings. The van der Waals surface area contributed by atoms with E-state index in [4.69, 9.17) is 0 Å². The molecule has 5 heteroatoms. The van der Waals surface area contributed by atoms with Gasteiger partial charge in [-0.3, -0.25) is 13.9 Å². The van der Waals surface area contributed by atoms with Crippen LogP contribution >= 0.6 is 0 Å². The van der Waals surface area contributed by atoms with Gasteiger partial charge in [-0.1, -0.05) is 30.3 Å². The van der Waals surface area contributed by atoms with E-state index < -0.39 is 0 Å². The Morgan fingerprint density at radius 1 is 1.15 bits per heavy atom. The predicted octanol–water partition coefficient (Wildman–Crippen LogP) is 0.956. The number of rotatable bonds is 5. The number of carbonyl (C=O) groups excluding carboxylic acids is 1. The van der Waals surface area contributed by atoms with Crippen molar-refractivity contribution in [3.8, 4) is 0 Å². The largest absolute Gasteiger partial charge is 0.331 e. The van der Waals surface area contributed by atoms with E-state index in [0.717, 1.165) is 10.1 Å². The third kappa shape index (κ3) is 2.93. The molecule has 1 heterocycles. The Morgan fingerprint density at radius 3 is 2.50 bits per heavy atom. The average Bonchev–Trinajstić information content (AvgIpc) is 2.46. The second-order valence-electron chi connectivity index (χ2n) is 4.62. The van der Waals surface area contributed by atoms with Gasteiger partial charge in [0.1, 0.15) is 6.29 Å². The Morgan fingerprint density at radius 2 is 1.85 bits per heavy atom. The minimum Gasteiger partial charge on any atom is -0.303 e. The van der Waals surface area contributed by atoms with Crippen molar-refractivity contribution < 1.29 is 4.79 Å². The van der Waals surface area contributed by atoms with Gasteiger partial charge in [0.25, 0.3) is 5.56 Å². The number of aldehydes is 1. The average molecular weight is 272 g/mol. The first-order valence-electron chi connectivity index (χ1n) is 6.42. The standard InChI is InChI=1S/C15H16N2O3/c1-12-10-16(11-13-6-3-2-4-7-13)15(20)17(14(12)19)8-5-9-18/h2-4,6-7,9-10H,5,8,11H2,1H3. The van der Waals surface area contributed by atoms with Crippen molar-refractivity contribution >= 4 is 6.29 Å². The Hall–Kier alpha value is -2.43. The van der Waals surface area contributed by atoms with Gasteiger partial charge >= 0.3 is 5.69 Å². The molecule has 0 N–H and O–H groups in total. The molecular formula is C15H16N2O3. The second kappa shape index (κ2) is 6.14. The van der Waals surface area contributed by atoms with Gasteiger partial charge in [-0.2, -0.15) is 0 Å². The van der Waals surface area contributed by atoms with Gasteiger partial charge in [-0.05, 0) is 12.5 Å². The molecule has 0 radical (unpaired) electrons. The smallest absolute Gasteiger partial charge is 0.303 e. The summed E-state index contributed by atoms with van der Waals surface area (Å²) in [7, 11) is 0. The summed E-state index contributed by atoms with van der Waals surface area (Å²) >= 11 is 0. The van der Waals surface area contributed by atoms with Gasteiger partial charge < -0.3 is 4.79 Å². The van der Waals surface area contributed by atoms with Crippen LogP contribution < -0.4 is 11.2 Å². The van der Waals surface area contributed by atoms with E-state index >= 15 is 0 Å². The van der Waals surface area contributed by atoms with Crippen molar-refractivity contribution in [3.05, 3.63) is 68.5 Å². The summed E-state index contributed by atoms with van der Waals surface area (Å²) in [6.07, 6.45) is 2.43. The van der Waals surface area contributed by atoms with Crippen molar-refractivity contribution in [2.45, 2.75) is 26.4 Å². The number of carbonyl (C=O) groups is 1. The SMILES string of the molecule is Cc1cn(Cc2ccccc2)c(=O)n(CCC=O)c1=O. The molecule has 1 aromatic heterocycles. The fraction of sp³-hybridized carbons (Fsp3) is 0.267. The van der Waals surface area contributed by atoms with E-state index in [-0.39, 0.29) is 24.2 Å². The lowest BCUT2D eigenvalue weighted by atomic mass is 10.2. The third-order valence-corrected chi connectivity index (χ3v) is 3.07. The van der Waals surface area contributed by atoms with Crippen molar-refractivity contribution in [1.29, 1.82) is 0 Å². The van der Waals surface area contributed by atoms with Crippen molar-refractivity contribution in [2.75, 3.05) is 0 Å². The van der Waals surface area contributed by atoms with E-state index in [1.54, 1.807) is 13.1 Å². The maximum absolute atomic E-state index is 12.3. The van der Waals surface area contributed by atoms with E-state index in [1.165, 1.54) is 4.57 Å². The summed E-state index contributed by atoms with van der Waals surface area (Å²) in [5, 5.41) is 0. The quantitative estimate of drug-likeness (QED) is 0.762. The topological polar surface area (TPSA) is 61.1 Å². The van der Waals surface area contributed by atoms with Crippen LogP contribution in [0.25, 0.3) is 0 Å². The highest BCUT2D eigenvalue weighted by Crippen LogP contribution is 2.00. The summed E-state index contributed by atoms with van der Waals surface area (Å²) in [5.74, 6) is 0. The third-order valence-electron chi connectivity index (χ3n) is 3.07. The summed E-state index contributed by atoms with van der Waals surface area (Å²) in [6, 6.07) is 9.54. The highest BCUT2D eigenvalue weighted by atomic mass is 16.2. The first-order chi connectivity index (χ1) is 9.63. The van der Waals surface area contributed by atoms with Crippen LogP contribution in [0.5, 0.6) is 0 Å². The zero-order valence-electron chi connectivity index (χ0n) is 11.3. The Kier molecular flexibility index (Phi) is 4.30. The minimum absolute atomic E-state index is 0.123. The van der Waals surface area contributed by atoms with Crippen LogP contribution in [-0.2, 0) is 17.9 Å². The molecule has 0 aliphatic carbocycles. The lowest BCUT2D eigenvalue weighted by Crippen LogP contribution is -2.41. The summed E-state index contributed by atoms with van der Waals surface area (Å²) in [6.45, 7) is 2.19. The highest BCUT2D eigenvalue weighted by Gasteiger charge is 2.08. The molecule has 5 nitrogen and oxygen atoms in total. The van der Waals surface area contributed by atoms with E-state index in [0.29, 0.717) is 18.4 Å². The molecule has 0 unspecified atom stereocenters. The predicted molar refractivity (Wildman–Crippen MR) is 75.9 cm³/mol. The zero-order valence-corrected chi connectivity index (χ0v) is 11.3. The maximum Gasteiger partial charge on any atom is 0.331 e. The molecule has 0 fully saturated rings. The van der Waals surface area contributed by atoms with Gasteiger partial charge in [0.2, 0.25) is 0 Å². The Bertz CT molecular complexity index is 714. The minimum atomic E-state index is -0.383. The van der Waals surface area contributed by atoms with Gasteiger partial charge in [0.15, 0.2) is 0 Å². The number of aryl methyl sites for hydroxylation is 1. The first-order valence-corrected chi connectivity index (χ1v) is 6.42. The van der Waals surface area contributed by atoms with Crippen LogP contribution in [0.1, 0.15) is 17.5 Å². The van der Waals surface area contributed by atoms with Crippen LogP contribution in [0.2, 0.25) is 0 Å². The number of aromatic nitrogens is 2. The summed E-state index contributed by atoms with van der Waals surface area (Å²) < 4.78 is 2.61. The number of benzene rings is 1. The fourth-order valence-corrected chi connectivity index (χ4v) is 2.07. The molecule has 0 bridgehead atoms. The summed E-state index contributed by atoms with van der Waals surface area (Å²) in [5.41, 5.74) is 0.758. The fourth-order valence-electron chi connectivity index (χ4n) is 2.07. The molecule has 104 valence electrons. The molecule has 0 spiro atoms. The molecule has 1 aromatic carbocycles. The Labute approximate surface area is 116 Å². The number of hydrogen-bond donors (Lipinski definition) is 0. The highest BCUT2D eigenvalue weighted by molar-refractivity contribution is 5.48. The van der Waals surface area contributed by atoms with Gasteiger partial charge in [-0.15, -0.1) is 0 Å². The van der Waals surface area contributed by atoms with E-state index in [2.05, 4.69) is 0 Å². The Balaban J connectivity index is 2.44. The molecule has 0 aliphatic rings. The lowest BCUT2D eigenvalue weighted by molar-refractivity contribution is -0.108. The first kappa shape index (κ1) is 14.0. The monoisotopic (exact) mass is 272 g/mol. The van der Waals surface area contributed by atoms with E-state index in [9.17, 15) is 14.4 Å². The number of nitrogens with zero attached hydrogens (tertiary/aromatic N) is 2. The molecular weight excluding hydrogens is 256 g/mol. The van der Waals surface area contributed by atoms with Crippen molar-refractivity contribution in [3.63, 3.8) is 0 Å². The molecule has 0 amide bonds. The van der Waals surface area contributed by atoms with Crippen LogP contribution in [0.15, 0.2) is 46.1 Å². The van der Waals surface area contributed by atoms with Gasteiger partial charge in [-0.25, -0.2) is 4.79 Å². The number of hydrogen-bond acceptors (Lipinski definition) is 3. The normalized spacial score (nSPS) is 10.4. The molecule has 0 saturated carbocycles. The van der Waals surface area contributed by atoms with Crippen LogP contribution in [0, 0.1) is 6.92 Å². The van der Waals surface area contributed by atoms with E-state index in [1.807, 2.05) is 30.3 Å².